The van der Waals surface area contributed by atoms with Crippen LogP contribution < -0.4 is 10.7 Å². The van der Waals surface area contributed by atoms with E-state index in [1.165, 1.54) is 0 Å². The summed E-state index contributed by atoms with van der Waals surface area (Å²) in [7, 11) is 0. The Balaban J connectivity index is 1.76. The van der Waals surface area contributed by atoms with Crippen molar-refractivity contribution in [2.24, 2.45) is 0 Å². The third kappa shape index (κ3) is 3.10. The molecular formula is C20H18N4O2S. The maximum Gasteiger partial charge on any atom is 0.261 e. The van der Waals surface area contributed by atoms with Crippen molar-refractivity contribution in [1.29, 1.82) is 0 Å². The standard InChI is InChI=1S/C20H18N4O2S/c1-4-24-10-15(18(25)14-7-5-11(2)21-19(14)24)20(26)23-13-6-8-16-17(9-13)27-12(3)22-16/h5-10H,4H2,1-3H3,(H,23,26). The van der Waals surface area contributed by atoms with Crippen LogP contribution in [0.1, 0.15) is 28.0 Å². The summed E-state index contributed by atoms with van der Waals surface area (Å²) in [6.45, 7) is 6.39. The van der Waals surface area contributed by atoms with Crippen LogP contribution in [0.3, 0.4) is 0 Å². The highest BCUT2D eigenvalue weighted by Gasteiger charge is 2.16. The molecule has 136 valence electrons. The number of fused-ring (bicyclic) bond motifs is 2. The molecule has 1 N–H and O–H groups in total. The molecule has 3 aromatic heterocycles. The van der Waals surface area contributed by atoms with E-state index in [9.17, 15) is 9.59 Å². The molecular weight excluding hydrogens is 360 g/mol. The lowest BCUT2D eigenvalue weighted by atomic mass is 10.1. The highest BCUT2D eigenvalue weighted by molar-refractivity contribution is 7.18. The maximum atomic E-state index is 12.8. The quantitative estimate of drug-likeness (QED) is 0.587. The number of anilines is 1. The summed E-state index contributed by atoms with van der Waals surface area (Å²) < 4.78 is 2.82. The van der Waals surface area contributed by atoms with Gasteiger partial charge in [-0.15, -0.1) is 11.3 Å². The second-order valence-corrected chi connectivity index (χ2v) is 7.59. The van der Waals surface area contributed by atoms with Crippen molar-refractivity contribution >= 4 is 44.2 Å². The predicted octanol–water partition coefficient (Wildman–Crippen LogP) is 3.90. The van der Waals surface area contributed by atoms with Crippen LogP contribution in [0.15, 0.2) is 41.3 Å². The van der Waals surface area contributed by atoms with Crippen molar-refractivity contribution in [2.75, 3.05) is 5.32 Å². The molecule has 0 aliphatic carbocycles. The number of amides is 1. The van der Waals surface area contributed by atoms with Crippen LogP contribution in [0.25, 0.3) is 21.3 Å². The van der Waals surface area contributed by atoms with E-state index in [4.69, 9.17) is 0 Å². The number of rotatable bonds is 3. The van der Waals surface area contributed by atoms with Crippen LogP contribution in [0, 0.1) is 13.8 Å². The van der Waals surface area contributed by atoms with Gasteiger partial charge in [0.25, 0.3) is 5.91 Å². The first kappa shape index (κ1) is 17.4. The summed E-state index contributed by atoms with van der Waals surface area (Å²) in [5, 5.41) is 4.25. The van der Waals surface area contributed by atoms with Gasteiger partial charge in [-0.05, 0) is 51.1 Å². The van der Waals surface area contributed by atoms with Crippen molar-refractivity contribution in [1.82, 2.24) is 14.5 Å². The molecule has 6 nitrogen and oxygen atoms in total. The summed E-state index contributed by atoms with van der Waals surface area (Å²) in [5.74, 6) is -0.426. The fourth-order valence-corrected chi connectivity index (χ4v) is 3.95. The molecule has 0 spiro atoms. The van der Waals surface area contributed by atoms with Gasteiger partial charge in [0, 0.05) is 24.1 Å². The molecule has 0 radical (unpaired) electrons. The van der Waals surface area contributed by atoms with Gasteiger partial charge in [-0.2, -0.15) is 0 Å². The minimum atomic E-state index is -0.426. The Bertz CT molecular complexity index is 1260. The second kappa shape index (κ2) is 6.59. The van der Waals surface area contributed by atoms with E-state index in [1.807, 2.05) is 37.5 Å². The van der Waals surface area contributed by atoms with Crippen molar-refractivity contribution in [3.8, 4) is 0 Å². The van der Waals surface area contributed by atoms with Gasteiger partial charge in [-0.1, -0.05) is 0 Å². The smallest absolute Gasteiger partial charge is 0.261 e. The van der Waals surface area contributed by atoms with E-state index in [0.29, 0.717) is 23.3 Å². The number of nitrogens with one attached hydrogen (secondary N) is 1. The highest BCUT2D eigenvalue weighted by atomic mass is 32.1. The van der Waals surface area contributed by atoms with Crippen molar-refractivity contribution < 1.29 is 4.79 Å². The van der Waals surface area contributed by atoms with Gasteiger partial charge >= 0.3 is 0 Å². The molecule has 0 saturated heterocycles. The average molecular weight is 378 g/mol. The zero-order valence-corrected chi connectivity index (χ0v) is 16.1. The summed E-state index contributed by atoms with van der Waals surface area (Å²) in [4.78, 5) is 34.5. The predicted molar refractivity (Wildman–Crippen MR) is 109 cm³/mol. The molecule has 4 rings (SSSR count). The number of thiazole rings is 1. The van der Waals surface area contributed by atoms with E-state index in [1.54, 1.807) is 35.7 Å². The Morgan fingerprint density at radius 2 is 2.00 bits per heavy atom. The van der Waals surface area contributed by atoms with E-state index < -0.39 is 5.91 Å². The SMILES string of the molecule is CCn1cc(C(=O)Nc2ccc3nc(C)sc3c2)c(=O)c2ccc(C)nc21. The Morgan fingerprint density at radius 3 is 2.78 bits per heavy atom. The Kier molecular flexibility index (Phi) is 4.24. The van der Waals surface area contributed by atoms with Gasteiger partial charge in [-0.3, -0.25) is 9.59 Å². The zero-order valence-electron chi connectivity index (χ0n) is 15.2. The fraction of sp³-hybridized carbons (Fsp3) is 0.200. The molecule has 0 fully saturated rings. The van der Waals surface area contributed by atoms with Crippen LogP contribution >= 0.6 is 11.3 Å². The maximum absolute atomic E-state index is 12.8. The molecule has 0 unspecified atom stereocenters. The monoisotopic (exact) mass is 378 g/mol. The largest absolute Gasteiger partial charge is 0.332 e. The van der Waals surface area contributed by atoms with Gasteiger partial charge in [0.1, 0.15) is 11.2 Å². The average Bonchev–Trinajstić information content (AvgIpc) is 3.01. The number of pyridine rings is 2. The first-order valence-corrected chi connectivity index (χ1v) is 9.47. The Morgan fingerprint density at radius 1 is 1.19 bits per heavy atom. The highest BCUT2D eigenvalue weighted by Crippen LogP contribution is 2.25. The van der Waals surface area contributed by atoms with Gasteiger partial charge in [-0.25, -0.2) is 9.97 Å². The van der Waals surface area contributed by atoms with E-state index in [2.05, 4.69) is 15.3 Å². The number of carbonyl (C=O) groups excluding carboxylic acids is 1. The van der Waals surface area contributed by atoms with Gasteiger partial charge in [0.15, 0.2) is 0 Å². The van der Waals surface area contributed by atoms with Gasteiger partial charge in [0.2, 0.25) is 5.43 Å². The molecule has 1 aromatic carbocycles. The lowest BCUT2D eigenvalue weighted by Crippen LogP contribution is -2.24. The van der Waals surface area contributed by atoms with Gasteiger partial charge in [0.05, 0.1) is 20.6 Å². The first-order valence-electron chi connectivity index (χ1n) is 8.65. The minimum Gasteiger partial charge on any atom is -0.332 e. The van der Waals surface area contributed by atoms with Crippen LogP contribution in [-0.2, 0) is 6.54 Å². The van der Waals surface area contributed by atoms with E-state index in [-0.39, 0.29) is 11.0 Å². The summed E-state index contributed by atoms with van der Waals surface area (Å²) in [6, 6.07) is 9.05. The number of benzene rings is 1. The molecule has 27 heavy (non-hydrogen) atoms. The number of hydrogen-bond acceptors (Lipinski definition) is 5. The van der Waals surface area contributed by atoms with Crippen molar-refractivity contribution in [2.45, 2.75) is 27.3 Å². The number of aromatic nitrogens is 3. The molecule has 0 saturated carbocycles. The van der Waals surface area contributed by atoms with Crippen LogP contribution in [0.4, 0.5) is 5.69 Å². The van der Waals surface area contributed by atoms with Crippen molar-refractivity contribution in [3.63, 3.8) is 0 Å². The molecule has 0 atom stereocenters. The van der Waals surface area contributed by atoms with Gasteiger partial charge < -0.3 is 9.88 Å². The van der Waals surface area contributed by atoms with E-state index >= 15 is 0 Å². The van der Waals surface area contributed by atoms with Crippen molar-refractivity contribution in [3.05, 3.63) is 63.0 Å². The minimum absolute atomic E-state index is 0.107. The lowest BCUT2D eigenvalue weighted by Gasteiger charge is -2.11. The molecule has 0 bridgehead atoms. The molecule has 0 aliphatic rings. The van der Waals surface area contributed by atoms with Crippen LogP contribution in [-0.4, -0.2) is 20.4 Å². The molecule has 0 aliphatic heterocycles. The third-order valence-electron chi connectivity index (χ3n) is 4.40. The second-order valence-electron chi connectivity index (χ2n) is 6.35. The normalized spacial score (nSPS) is 11.2. The van der Waals surface area contributed by atoms with E-state index in [0.717, 1.165) is 20.9 Å². The van der Waals surface area contributed by atoms with Crippen LogP contribution in [0.2, 0.25) is 0 Å². The van der Waals surface area contributed by atoms with Crippen LogP contribution in [0.5, 0.6) is 0 Å². The fourth-order valence-electron chi connectivity index (χ4n) is 3.08. The summed E-state index contributed by atoms with van der Waals surface area (Å²) >= 11 is 1.57. The number of nitrogens with zero attached hydrogens (tertiary/aromatic N) is 3. The third-order valence-corrected chi connectivity index (χ3v) is 5.33. The lowest BCUT2D eigenvalue weighted by molar-refractivity contribution is 0.102. The molecule has 3 heterocycles. The molecule has 4 aromatic rings. The molecule has 7 heteroatoms. The number of hydrogen-bond donors (Lipinski definition) is 1. The summed E-state index contributed by atoms with van der Waals surface area (Å²) in [6.07, 6.45) is 1.59. The zero-order chi connectivity index (χ0) is 19.1. The number of carbonyl (C=O) groups is 1. The first-order chi connectivity index (χ1) is 13.0. The summed E-state index contributed by atoms with van der Waals surface area (Å²) in [5.41, 5.74) is 2.76. The molecule has 1 amide bonds. The Hall–Kier alpha value is -3.06. The number of aryl methyl sites for hydroxylation is 3. The topological polar surface area (TPSA) is 76.9 Å². The Labute approximate surface area is 159 Å².